The Kier molecular flexibility index (Phi) is 8.88. The topological polar surface area (TPSA) is 3.24 Å². The van der Waals surface area contributed by atoms with Gasteiger partial charge in [-0.25, -0.2) is 0 Å². The van der Waals surface area contributed by atoms with Gasteiger partial charge in [-0.15, -0.1) is 0 Å². The first-order valence-electron chi connectivity index (χ1n) is 5.43. The van der Waals surface area contributed by atoms with Crippen molar-refractivity contribution in [2.24, 2.45) is 5.92 Å². The van der Waals surface area contributed by atoms with Crippen LogP contribution in [0.3, 0.4) is 0 Å². The van der Waals surface area contributed by atoms with Crippen LogP contribution in [0.4, 0.5) is 0 Å². The van der Waals surface area contributed by atoms with E-state index >= 15 is 0 Å². The Labute approximate surface area is 108 Å². The van der Waals surface area contributed by atoms with Gasteiger partial charge in [0.2, 0.25) is 0 Å². The van der Waals surface area contributed by atoms with Crippen molar-refractivity contribution in [3.63, 3.8) is 0 Å². The van der Waals surface area contributed by atoms with E-state index in [1.807, 2.05) is 24.3 Å². The van der Waals surface area contributed by atoms with Gasteiger partial charge in [0.1, 0.15) is 0 Å². The molecule has 0 fully saturated rings. The first-order chi connectivity index (χ1) is 7.71. The molecule has 88 valence electrons. The molecule has 0 bridgehead atoms. The van der Waals surface area contributed by atoms with Gasteiger partial charge in [0.25, 0.3) is 0 Å². The Hall–Kier alpha value is -0.851. The number of nitrogens with zero attached hydrogens (tertiary/aromatic N) is 1. The molecule has 0 saturated carbocycles. The fourth-order valence-electron chi connectivity index (χ4n) is 1.52. The van der Waals surface area contributed by atoms with E-state index in [4.69, 9.17) is 0 Å². The van der Waals surface area contributed by atoms with Gasteiger partial charge >= 0.3 is 107 Å². The van der Waals surface area contributed by atoms with E-state index in [0.29, 0.717) is 5.92 Å². The molecule has 0 amide bonds. The molecule has 0 saturated heterocycles. The van der Waals surface area contributed by atoms with Crippen molar-refractivity contribution in [2.75, 3.05) is 13.1 Å². The monoisotopic (exact) mass is 283 g/mol. The van der Waals surface area contributed by atoms with E-state index in [1.54, 1.807) is 0 Å². The molecule has 0 heterocycles. The normalized spacial score (nSPS) is 9.56. The molecule has 0 aliphatic heterocycles. The fourth-order valence-corrected chi connectivity index (χ4v) is 2.24. The van der Waals surface area contributed by atoms with Crippen LogP contribution >= 0.6 is 0 Å². The van der Waals surface area contributed by atoms with Crippen LogP contribution in [0.1, 0.15) is 12.8 Å². The van der Waals surface area contributed by atoms with Crippen molar-refractivity contribution in [1.29, 1.82) is 0 Å². The summed E-state index contributed by atoms with van der Waals surface area (Å²) in [5, 5.41) is 0. The standard InChI is InChI=1S/C14H21NSe/c1-5-9-13(10-6-2)14(16)15(11-7-3)12-8-4/h5-8,13H,1-4,9-12H2. The molecule has 0 aliphatic rings. The van der Waals surface area contributed by atoms with Gasteiger partial charge in [0, 0.05) is 0 Å². The Balaban J connectivity index is 4.61. The van der Waals surface area contributed by atoms with Gasteiger partial charge < -0.3 is 0 Å². The molecule has 16 heavy (non-hydrogen) atoms. The predicted octanol–water partition coefficient (Wildman–Crippen LogP) is 2.73. The molecule has 2 heteroatoms. The molecule has 1 nitrogen and oxygen atoms in total. The SMILES string of the molecule is C=CCC(CC=C)C(=[Se])N(CC=C)CC=C. The van der Waals surface area contributed by atoms with E-state index in [0.717, 1.165) is 25.9 Å². The van der Waals surface area contributed by atoms with Crippen molar-refractivity contribution in [3.8, 4) is 0 Å². The second-order valence-corrected chi connectivity index (χ2v) is 4.44. The summed E-state index contributed by atoms with van der Waals surface area (Å²) in [4.78, 5) is 2.23. The first kappa shape index (κ1) is 15.1. The zero-order chi connectivity index (χ0) is 12.4. The summed E-state index contributed by atoms with van der Waals surface area (Å²) < 4.78 is 1.24. The second kappa shape index (κ2) is 9.38. The summed E-state index contributed by atoms with van der Waals surface area (Å²) in [5.41, 5.74) is 0. The fraction of sp³-hybridized carbons (Fsp3) is 0.357. The molecular weight excluding hydrogens is 261 g/mol. The van der Waals surface area contributed by atoms with Crippen molar-refractivity contribution >= 4 is 20.1 Å². The van der Waals surface area contributed by atoms with Crippen LogP contribution in [0, 0.1) is 5.92 Å². The minimum absolute atomic E-state index is 0.440. The maximum atomic E-state index is 3.80. The van der Waals surface area contributed by atoms with Gasteiger partial charge in [-0.05, 0) is 0 Å². The summed E-state index contributed by atoms with van der Waals surface area (Å²) in [7, 11) is 0. The van der Waals surface area contributed by atoms with Crippen LogP contribution < -0.4 is 0 Å². The summed E-state index contributed by atoms with van der Waals surface area (Å²) in [5.74, 6) is 0.440. The average Bonchev–Trinajstić information content (AvgIpc) is 2.27. The maximum absolute atomic E-state index is 3.80. The molecule has 0 unspecified atom stereocenters. The Morgan fingerprint density at radius 2 is 1.38 bits per heavy atom. The summed E-state index contributed by atoms with van der Waals surface area (Å²) in [6.45, 7) is 16.8. The van der Waals surface area contributed by atoms with Gasteiger partial charge in [-0.3, -0.25) is 0 Å². The van der Waals surface area contributed by atoms with E-state index in [-0.39, 0.29) is 0 Å². The molecule has 0 radical (unpaired) electrons. The van der Waals surface area contributed by atoms with Crippen molar-refractivity contribution in [1.82, 2.24) is 4.90 Å². The predicted molar refractivity (Wildman–Crippen MR) is 75.8 cm³/mol. The van der Waals surface area contributed by atoms with Crippen LogP contribution in [0.5, 0.6) is 0 Å². The molecule has 0 aromatic heterocycles. The summed E-state index contributed by atoms with van der Waals surface area (Å²) >= 11 is 3.17. The molecule has 0 aromatic carbocycles. The zero-order valence-electron chi connectivity index (χ0n) is 9.90. The molecular formula is C14H21NSe. The van der Waals surface area contributed by atoms with E-state index in [1.165, 1.54) is 4.54 Å². The second-order valence-electron chi connectivity index (χ2n) is 3.57. The Morgan fingerprint density at radius 3 is 1.69 bits per heavy atom. The van der Waals surface area contributed by atoms with Crippen LogP contribution in [0.15, 0.2) is 50.6 Å². The molecule has 0 aliphatic carbocycles. The summed E-state index contributed by atoms with van der Waals surface area (Å²) in [6.07, 6.45) is 9.62. The Bertz CT molecular complexity index is 222. The third-order valence-electron chi connectivity index (χ3n) is 2.26. The minimum atomic E-state index is 0.440. The van der Waals surface area contributed by atoms with Gasteiger partial charge in [0.15, 0.2) is 0 Å². The van der Waals surface area contributed by atoms with Gasteiger partial charge in [-0.2, -0.15) is 0 Å². The molecule has 0 atom stereocenters. The average molecular weight is 282 g/mol. The van der Waals surface area contributed by atoms with Crippen LogP contribution in [-0.4, -0.2) is 38.1 Å². The Morgan fingerprint density at radius 1 is 0.938 bits per heavy atom. The molecule has 0 aromatic rings. The summed E-state index contributed by atoms with van der Waals surface area (Å²) in [6, 6.07) is 0. The number of rotatable bonds is 10. The van der Waals surface area contributed by atoms with Crippen molar-refractivity contribution in [2.45, 2.75) is 12.8 Å². The van der Waals surface area contributed by atoms with Crippen LogP contribution in [0.2, 0.25) is 0 Å². The van der Waals surface area contributed by atoms with Gasteiger partial charge in [0.05, 0.1) is 0 Å². The van der Waals surface area contributed by atoms with E-state index in [2.05, 4.69) is 46.8 Å². The first-order valence-corrected chi connectivity index (χ1v) is 6.29. The zero-order valence-corrected chi connectivity index (χ0v) is 11.6. The molecule has 0 rings (SSSR count). The van der Waals surface area contributed by atoms with E-state index in [9.17, 15) is 0 Å². The number of hydrogen-bond donors (Lipinski definition) is 0. The van der Waals surface area contributed by atoms with Crippen molar-refractivity contribution in [3.05, 3.63) is 50.6 Å². The third-order valence-corrected chi connectivity index (χ3v) is 3.50. The number of hydrogen-bond acceptors (Lipinski definition) is 1. The van der Waals surface area contributed by atoms with Gasteiger partial charge in [-0.1, -0.05) is 0 Å². The van der Waals surface area contributed by atoms with Crippen molar-refractivity contribution < 1.29 is 0 Å². The quantitative estimate of drug-likeness (QED) is 0.440. The third kappa shape index (κ3) is 5.29. The molecule has 0 spiro atoms. The van der Waals surface area contributed by atoms with E-state index < -0.39 is 0 Å². The van der Waals surface area contributed by atoms with Crippen LogP contribution in [0.25, 0.3) is 0 Å². The molecule has 0 N–H and O–H groups in total. The number of allylic oxidation sites excluding steroid dienone is 2. The van der Waals surface area contributed by atoms with Crippen LogP contribution in [-0.2, 0) is 0 Å².